The molecule has 0 saturated carbocycles. The number of aliphatic hydroxyl groups excluding tert-OH is 1. The summed E-state index contributed by atoms with van der Waals surface area (Å²) in [5.74, 6) is 0. The predicted molar refractivity (Wildman–Crippen MR) is 45.7 cm³/mol. The first kappa shape index (κ1) is 10.2. The summed E-state index contributed by atoms with van der Waals surface area (Å²) < 4.78 is 10.5. The van der Waals surface area contributed by atoms with E-state index in [9.17, 15) is 5.11 Å². The van der Waals surface area contributed by atoms with Gasteiger partial charge in [-0.15, -0.1) is 0 Å². The van der Waals surface area contributed by atoms with Crippen LogP contribution >= 0.6 is 0 Å². The van der Waals surface area contributed by atoms with Gasteiger partial charge in [0.25, 0.3) is 0 Å². The Morgan fingerprint density at radius 1 is 1.62 bits per heavy atom. The maximum absolute atomic E-state index is 9.37. The zero-order valence-electron chi connectivity index (χ0n) is 7.51. The Morgan fingerprint density at radius 2 is 2.38 bits per heavy atom. The molecule has 1 N–H and O–H groups in total. The fourth-order valence-electron chi connectivity index (χ4n) is 1.14. The number of nitrogens with zero attached hydrogens (tertiary/aromatic N) is 1. The molecule has 0 spiro atoms. The monoisotopic (exact) mass is 183 g/mol. The van der Waals surface area contributed by atoms with Crippen molar-refractivity contribution in [3.05, 3.63) is 12.2 Å². The van der Waals surface area contributed by atoms with Crippen LogP contribution in [0.2, 0.25) is 0 Å². The van der Waals surface area contributed by atoms with Gasteiger partial charge in [-0.3, -0.25) is 0 Å². The molecule has 72 valence electrons. The second-order valence-electron chi connectivity index (χ2n) is 2.74. The third kappa shape index (κ3) is 2.81. The van der Waals surface area contributed by atoms with E-state index < -0.39 is 18.5 Å². The molecule has 1 aliphatic rings. The minimum Gasteiger partial charge on any atom is -0.386 e. The molecule has 1 aliphatic heterocycles. The van der Waals surface area contributed by atoms with Crippen LogP contribution in [0.3, 0.4) is 0 Å². The van der Waals surface area contributed by atoms with Gasteiger partial charge in [0.2, 0.25) is 0 Å². The first-order valence-electron chi connectivity index (χ1n) is 4.28. The molecule has 4 nitrogen and oxygen atoms in total. The molecule has 0 aliphatic carbocycles. The molecule has 0 fully saturated rings. The van der Waals surface area contributed by atoms with Gasteiger partial charge in [0.1, 0.15) is 6.10 Å². The van der Waals surface area contributed by atoms with Gasteiger partial charge in [0.15, 0.2) is 6.29 Å². The van der Waals surface area contributed by atoms with Crippen LogP contribution in [-0.4, -0.2) is 30.2 Å². The third-order valence-electron chi connectivity index (χ3n) is 1.78. The van der Waals surface area contributed by atoms with E-state index in [1.165, 1.54) is 0 Å². The summed E-state index contributed by atoms with van der Waals surface area (Å²) in [4.78, 5) is 0. The van der Waals surface area contributed by atoms with Crippen molar-refractivity contribution in [1.82, 2.24) is 0 Å². The molecule has 1 heterocycles. The average molecular weight is 183 g/mol. The van der Waals surface area contributed by atoms with Crippen molar-refractivity contribution in [2.45, 2.75) is 31.8 Å². The second-order valence-corrected chi connectivity index (χ2v) is 2.74. The van der Waals surface area contributed by atoms with Gasteiger partial charge in [0, 0.05) is 6.61 Å². The maximum Gasteiger partial charge on any atom is 0.177 e. The van der Waals surface area contributed by atoms with Gasteiger partial charge in [-0.1, -0.05) is 6.08 Å². The Balaban J connectivity index is 2.50. The summed E-state index contributed by atoms with van der Waals surface area (Å²) in [6.45, 7) is 2.41. The topological polar surface area (TPSA) is 62.5 Å². The highest BCUT2D eigenvalue weighted by atomic mass is 16.7. The van der Waals surface area contributed by atoms with Crippen LogP contribution in [0.4, 0.5) is 0 Å². The van der Waals surface area contributed by atoms with Gasteiger partial charge in [-0.05, 0) is 13.0 Å². The van der Waals surface area contributed by atoms with Crippen LogP contribution in [0.5, 0.6) is 0 Å². The molecule has 0 saturated heterocycles. The molecule has 0 aromatic heterocycles. The number of aliphatic hydroxyl groups is 1. The standard InChI is InChI=1S/C9H13NO3/c1-2-12-9-4-3-7(11)8(13-9)5-6-10/h3-4,7-9,11H,2,5H2,1H3/t7-,8+,9-/m0/s1. The Morgan fingerprint density at radius 3 is 3.00 bits per heavy atom. The van der Waals surface area contributed by atoms with Crippen LogP contribution in [0.25, 0.3) is 0 Å². The summed E-state index contributed by atoms with van der Waals surface area (Å²) >= 11 is 0. The lowest BCUT2D eigenvalue weighted by atomic mass is 10.1. The SMILES string of the molecule is CCO[C@@H]1C=C[C@H](O)[C@@H](CC#N)O1. The van der Waals surface area contributed by atoms with Crippen molar-refractivity contribution in [2.24, 2.45) is 0 Å². The summed E-state index contributed by atoms with van der Waals surface area (Å²) in [5, 5.41) is 17.8. The molecule has 0 amide bonds. The Kier molecular flexibility index (Phi) is 3.90. The first-order valence-corrected chi connectivity index (χ1v) is 4.28. The van der Waals surface area contributed by atoms with Gasteiger partial charge in [-0.25, -0.2) is 0 Å². The third-order valence-corrected chi connectivity index (χ3v) is 1.78. The van der Waals surface area contributed by atoms with E-state index in [-0.39, 0.29) is 6.42 Å². The fraction of sp³-hybridized carbons (Fsp3) is 0.667. The summed E-state index contributed by atoms with van der Waals surface area (Å²) in [7, 11) is 0. The molecule has 0 aromatic rings. The van der Waals surface area contributed by atoms with E-state index in [0.717, 1.165) is 0 Å². The Bertz CT molecular complexity index is 221. The number of ether oxygens (including phenoxy) is 2. The van der Waals surface area contributed by atoms with Crippen LogP contribution in [0.1, 0.15) is 13.3 Å². The van der Waals surface area contributed by atoms with Crippen molar-refractivity contribution in [2.75, 3.05) is 6.61 Å². The summed E-state index contributed by atoms with van der Waals surface area (Å²) in [5.41, 5.74) is 0. The lowest BCUT2D eigenvalue weighted by Gasteiger charge is -2.27. The maximum atomic E-state index is 9.37. The molecule has 4 heteroatoms. The lowest BCUT2D eigenvalue weighted by molar-refractivity contribution is -0.166. The van der Waals surface area contributed by atoms with Crippen LogP contribution < -0.4 is 0 Å². The smallest absolute Gasteiger partial charge is 0.177 e. The quantitative estimate of drug-likeness (QED) is 0.650. The van der Waals surface area contributed by atoms with E-state index in [1.807, 2.05) is 13.0 Å². The number of hydrogen-bond donors (Lipinski definition) is 1. The van der Waals surface area contributed by atoms with E-state index >= 15 is 0 Å². The van der Waals surface area contributed by atoms with E-state index in [1.54, 1.807) is 12.2 Å². The van der Waals surface area contributed by atoms with Crippen molar-refractivity contribution >= 4 is 0 Å². The first-order chi connectivity index (χ1) is 6.27. The molecule has 0 aromatic carbocycles. The minimum atomic E-state index is -0.698. The van der Waals surface area contributed by atoms with Gasteiger partial charge >= 0.3 is 0 Å². The molecular formula is C9H13NO3. The minimum absolute atomic E-state index is 0.176. The van der Waals surface area contributed by atoms with Gasteiger partial charge in [-0.2, -0.15) is 5.26 Å². The van der Waals surface area contributed by atoms with Crippen molar-refractivity contribution in [3.8, 4) is 6.07 Å². The number of hydrogen-bond acceptors (Lipinski definition) is 4. The van der Waals surface area contributed by atoms with E-state index in [4.69, 9.17) is 14.7 Å². The highest BCUT2D eigenvalue weighted by Crippen LogP contribution is 2.16. The zero-order chi connectivity index (χ0) is 9.68. The Labute approximate surface area is 77.4 Å². The van der Waals surface area contributed by atoms with Gasteiger partial charge < -0.3 is 14.6 Å². The molecule has 0 unspecified atom stereocenters. The second kappa shape index (κ2) is 4.97. The average Bonchev–Trinajstić information content (AvgIpc) is 2.12. The molecule has 0 bridgehead atoms. The number of nitriles is 1. The van der Waals surface area contributed by atoms with E-state index in [2.05, 4.69) is 0 Å². The zero-order valence-corrected chi connectivity index (χ0v) is 7.51. The largest absolute Gasteiger partial charge is 0.386 e. The van der Waals surface area contributed by atoms with Crippen LogP contribution in [0, 0.1) is 11.3 Å². The Hall–Kier alpha value is -0.890. The van der Waals surface area contributed by atoms with E-state index in [0.29, 0.717) is 6.61 Å². The predicted octanol–water partition coefficient (Wildman–Crippen LogP) is 0.579. The molecule has 0 radical (unpaired) electrons. The highest BCUT2D eigenvalue weighted by Gasteiger charge is 2.25. The molecule has 1 rings (SSSR count). The van der Waals surface area contributed by atoms with Crippen molar-refractivity contribution in [3.63, 3.8) is 0 Å². The van der Waals surface area contributed by atoms with Gasteiger partial charge in [0.05, 0.1) is 18.6 Å². The van der Waals surface area contributed by atoms with Crippen LogP contribution in [0.15, 0.2) is 12.2 Å². The highest BCUT2D eigenvalue weighted by molar-refractivity contribution is 5.01. The van der Waals surface area contributed by atoms with Crippen LogP contribution in [-0.2, 0) is 9.47 Å². The summed E-state index contributed by atoms with van der Waals surface area (Å²) in [6.07, 6.45) is 1.85. The molecular weight excluding hydrogens is 170 g/mol. The van der Waals surface area contributed by atoms with Crippen molar-refractivity contribution in [1.29, 1.82) is 5.26 Å². The fourth-order valence-corrected chi connectivity index (χ4v) is 1.14. The molecule has 13 heavy (non-hydrogen) atoms. The normalized spacial score (nSPS) is 32.8. The summed E-state index contributed by atoms with van der Waals surface area (Å²) in [6, 6.07) is 1.96. The molecule has 3 atom stereocenters. The lowest BCUT2D eigenvalue weighted by Crippen LogP contribution is -2.36. The number of rotatable bonds is 3. The van der Waals surface area contributed by atoms with Crippen molar-refractivity contribution < 1.29 is 14.6 Å².